The van der Waals surface area contributed by atoms with E-state index in [4.69, 9.17) is 9.15 Å². The van der Waals surface area contributed by atoms with Gasteiger partial charge in [0.25, 0.3) is 0 Å². The fourth-order valence-corrected chi connectivity index (χ4v) is 2.57. The molecule has 0 unspecified atom stereocenters. The number of hydrogen-bond acceptors (Lipinski definition) is 3. The van der Waals surface area contributed by atoms with Crippen LogP contribution in [-0.4, -0.2) is 12.6 Å². The van der Waals surface area contributed by atoms with Crippen LogP contribution in [0.25, 0.3) is 5.57 Å². The second-order valence-electron chi connectivity index (χ2n) is 5.93. The van der Waals surface area contributed by atoms with Crippen LogP contribution in [0.2, 0.25) is 0 Å². The van der Waals surface area contributed by atoms with Gasteiger partial charge >= 0.3 is 5.97 Å². The molecule has 2 aromatic rings. The van der Waals surface area contributed by atoms with E-state index in [1.807, 2.05) is 0 Å². The Morgan fingerprint density at radius 3 is 2.50 bits per heavy atom. The lowest BCUT2D eigenvalue weighted by Gasteiger charge is -2.06. The summed E-state index contributed by atoms with van der Waals surface area (Å²) in [7, 11) is 0. The smallest absolute Gasteiger partial charge is 0.341 e. The highest BCUT2D eigenvalue weighted by Gasteiger charge is 2.18. The van der Waals surface area contributed by atoms with Gasteiger partial charge in [-0.25, -0.2) is 4.79 Å². The summed E-state index contributed by atoms with van der Waals surface area (Å²) in [5.41, 5.74) is 3.85. The van der Waals surface area contributed by atoms with E-state index < -0.39 is 0 Å². The predicted octanol–water partition coefficient (Wildman–Crippen LogP) is 5.70. The van der Waals surface area contributed by atoms with E-state index in [9.17, 15) is 4.79 Å². The van der Waals surface area contributed by atoms with E-state index in [0.29, 0.717) is 17.9 Å². The van der Waals surface area contributed by atoms with Crippen molar-refractivity contribution in [3.63, 3.8) is 0 Å². The van der Waals surface area contributed by atoms with Crippen molar-refractivity contribution in [1.82, 2.24) is 0 Å². The largest absolute Gasteiger partial charge is 0.462 e. The molecule has 0 spiro atoms. The molecule has 0 radical (unpaired) electrons. The second kappa shape index (κ2) is 8.53. The van der Waals surface area contributed by atoms with E-state index in [1.165, 1.54) is 5.56 Å². The summed E-state index contributed by atoms with van der Waals surface area (Å²) in [6, 6.07) is 10.2. The number of unbranched alkanes of at least 4 members (excludes halogenated alkanes) is 2. The molecule has 128 valence electrons. The fourth-order valence-electron chi connectivity index (χ4n) is 2.57. The molecule has 0 aliphatic carbocycles. The summed E-state index contributed by atoms with van der Waals surface area (Å²) in [5.74, 6) is 0.981. The topological polar surface area (TPSA) is 39.4 Å². The predicted molar refractivity (Wildman–Crippen MR) is 97.2 cm³/mol. The van der Waals surface area contributed by atoms with E-state index >= 15 is 0 Å². The third kappa shape index (κ3) is 4.38. The number of hydrogen-bond donors (Lipinski definition) is 0. The van der Waals surface area contributed by atoms with Gasteiger partial charge in [-0.2, -0.15) is 0 Å². The fraction of sp³-hybridized carbons (Fsp3) is 0.381. The van der Waals surface area contributed by atoms with Gasteiger partial charge in [0.05, 0.1) is 6.61 Å². The van der Waals surface area contributed by atoms with Gasteiger partial charge < -0.3 is 9.15 Å². The van der Waals surface area contributed by atoms with Gasteiger partial charge in [0, 0.05) is 5.57 Å². The molecule has 1 aromatic heterocycles. The van der Waals surface area contributed by atoms with E-state index in [0.717, 1.165) is 36.2 Å². The Bertz CT molecular complexity index is 705. The van der Waals surface area contributed by atoms with E-state index in [2.05, 4.69) is 44.2 Å². The summed E-state index contributed by atoms with van der Waals surface area (Å²) >= 11 is 0. The molecule has 0 atom stereocenters. The van der Waals surface area contributed by atoms with Crippen molar-refractivity contribution in [3.8, 4) is 0 Å². The number of ether oxygens (including phenoxy) is 1. The van der Waals surface area contributed by atoms with Crippen LogP contribution < -0.4 is 0 Å². The Hall–Kier alpha value is -2.29. The molecule has 0 saturated carbocycles. The van der Waals surface area contributed by atoms with Gasteiger partial charge in [0.15, 0.2) is 0 Å². The third-order valence-electron chi connectivity index (χ3n) is 3.95. The molecule has 0 aliphatic rings. The zero-order valence-electron chi connectivity index (χ0n) is 15.0. The number of carbonyl (C=O) groups excluding carboxylic acids is 1. The lowest BCUT2D eigenvalue weighted by Crippen LogP contribution is -2.04. The molecule has 0 amide bonds. The number of carbonyl (C=O) groups is 1. The molecular formula is C21H26O3. The molecule has 1 aromatic carbocycles. The highest BCUT2D eigenvalue weighted by molar-refractivity contribution is 5.92. The molecule has 0 saturated heterocycles. The number of aryl methyl sites for hydroxylation is 2. The average molecular weight is 326 g/mol. The minimum absolute atomic E-state index is 0.332. The molecule has 0 N–H and O–H groups in total. The minimum Gasteiger partial charge on any atom is -0.462 e. The maximum atomic E-state index is 12.0. The molecular weight excluding hydrogens is 300 g/mol. The van der Waals surface area contributed by atoms with Crippen molar-refractivity contribution in [2.24, 2.45) is 0 Å². The van der Waals surface area contributed by atoms with Crippen molar-refractivity contribution in [3.05, 3.63) is 64.6 Å². The first-order chi connectivity index (χ1) is 11.6. The molecule has 2 rings (SSSR count). The standard InChI is InChI=1S/C21H26O3/c1-5-7-8-9-18(17-12-10-15(3)11-13-17)20-14-19(16(4)24-20)21(22)23-6-2/h9-14H,5-8H2,1-4H3/b18-9-. The van der Waals surface area contributed by atoms with E-state index in [-0.39, 0.29) is 5.97 Å². The van der Waals surface area contributed by atoms with Gasteiger partial charge in [0.1, 0.15) is 17.1 Å². The van der Waals surface area contributed by atoms with Crippen LogP contribution in [0.3, 0.4) is 0 Å². The molecule has 0 fully saturated rings. The number of esters is 1. The molecule has 3 nitrogen and oxygen atoms in total. The van der Waals surface area contributed by atoms with Crippen LogP contribution in [0.4, 0.5) is 0 Å². The van der Waals surface area contributed by atoms with Crippen LogP contribution in [-0.2, 0) is 4.74 Å². The van der Waals surface area contributed by atoms with Crippen LogP contribution in [0.5, 0.6) is 0 Å². The Morgan fingerprint density at radius 1 is 1.17 bits per heavy atom. The highest BCUT2D eigenvalue weighted by atomic mass is 16.5. The quantitative estimate of drug-likeness (QED) is 0.484. The summed E-state index contributed by atoms with van der Waals surface area (Å²) in [6.07, 6.45) is 5.44. The maximum absolute atomic E-state index is 12.0. The Kier molecular flexibility index (Phi) is 6.42. The monoisotopic (exact) mass is 326 g/mol. The number of rotatable bonds is 7. The Balaban J connectivity index is 2.40. The number of benzene rings is 1. The van der Waals surface area contributed by atoms with Crippen LogP contribution >= 0.6 is 0 Å². The lowest BCUT2D eigenvalue weighted by molar-refractivity contribution is 0.0524. The van der Waals surface area contributed by atoms with Crippen molar-refractivity contribution in [1.29, 1.82) is 0 Å². The molecule has 0 aliphatic heterocycles. The van der Waals surface area contributed by atoms with Crippen LogP contribution in [0.15, 0.2) is 40.8 Å². The summed E-state index contributed by atoms with van der Waals surface area (Å²) < 4.78 is 11.0. The Labute approximate surface area is 144 Å². The van der Waals surface area contributed by atoms with Crippen molar-refractivity contribution in [2.45, 2.75) is 47.0 Å². The zero-order chi connectivity index (χ0) is 17.5. The van der Waals surface area contributed by atoms with Gasteiger partial charge in [-0.05, 0) is 38.8 Å². The number of furan rings is 1. The molecule has 24 heavy (non-hydrogen) atoms. The van der Waals surface area contributed by atoms with Crippen molar-refractivity contribution >= 4 is 11.5 Å². The first kappa shape index (κ1) is 18.1. The van der Waals surface area contributed by atoms with Gasteiger partial charge in [-0.1, -0.05) is 55.7 Å². The summed E-state index contributed by atoms with van der Waals surface area (Å²) in [6.45, 7) is 8.20. The minimum atomic E-state index is -0.332. The van der Waals surface area contributed by atoms with Gasteiger partial charge in [0.2, 0.25) is 0 Å². The van der Waals surface area contributed by atoms with Gasteiger partial charge in [-0.3, -0.25) is 0 Å². The van der Waals surface area contributed by atoms with Gasteiger partial charge in [-0.15, -0.1) is 0 Å². The van der Waals surface area contributed by atoms with Crippen molar-refractivity contribution in [2.75, 3.05) is 6.61 Å². The summed E-state index contributed by atoms with van der Waals surface area (Å²) in [5, 5.41) is 0. The zero-order valence-corrected chi connectivity index (χ0v) is 15.0. The number of allylic oxidation sites excluding steroid dienone is 1. The molecule has 1 heterocycles. The second-order valence-corrected chi connectivity index (χ2v) is 5.93. The van der Waals surface area contributed by atoms with Crippen molar-refractivity contribution < 1.29 is 13.9 Å². The normalized spacial score (nSPS) is 11.6. The Morgan fingerprint density at radius 2 is 1.88 bits per heavy atom. The first-order valence-corrected chi connectivity index (χ1v) is 8.62. The maximum Gasteiger partial charge on any atom is 0.341 e. The van der Waals surface area contributed by atoms with Crippen LogP contribution in [0, 0.1) is 13.8 Å². The molecule has 0 bridgehead atoms. The SMILES string of the molecule is CCCC/C=C(/c1ccc(C)cc1)c1cc(C(=O)OCC)c(C)o1. The third-order valence-corrected chi connectivity index (χ3v) is 3.95. The van der Waals surface area contributed by atoms with Crippen LogP contribution in [0.1, 0.15) is 66.1 Å². The summed E-state index contributed by atoms with van der Waals surface area (Å²) in [4.78, 5) is 12.0. The molecule has 3 heteroatoms. The highest BCUT2D eigenvalue weighted by Crippen LogP contribution is 2.29. The first-order valence-electron chi connectivity index (χ1n) is 8.62. The average Bonchev–Trinajstić information content (AvgIpc) is 2.95. The van der Waals surface area contributed by atoms with E-state index in [1.54, 1.807) is 19.9 Å². The lowest BCUT2D eigenvalue weighted by atomic mass is 10.00.